The van der Waals surface area contributed by atoms with Gasteiger partial charge in [0, 0.05) is 12.1 Å². The van der Waals surface area contributed by atoms with E-state index in [9.17, 15) is 4.79 Å². The molecule has 0 saturated heterocycles. The van der Waals surface area contributed by atoms with Crippen molar-refractivity contribution < 1.29 is 9.21 Å². The summed E-state index contributed by atoms with van der Waals surface area (Å²) in [5.74, 6) is 1.27. The number of hydrogen-bond acceptors (Lipinski definition) is 3. The number of hydrogen-bond donors (Lipinski definition) is 1. The zero-order valence-electron chi connectivity index (χ0n) is 12.7. The second kappa shape index (κ2) is 9.03. The number of unbranched alkanes of at least 4 members (excludes halogenated alkanes) is 1. The lowest BCUT2D eigenvalue weighted by atomic mass is 10.2. The van der Waals surface area contributed by atoms with Gasteiger partial charge in [-0.15, -0.1) is 11.6 Å². The maximum atomic E-state index is 11.9. The fourth-order valence-electron chi connectivity index (χ4n) is 2.05. The minimum atomic E-state index is -0.160. The van der Waals surface area contributed by atoms with E-state index in [4.69, 9.17) is 16.0 Å². The first-order chi connectivity index (χ1) is 9.62. The van der Waals surface area contributed by atoms with E-state index in [1.54, 1.807) is 6.07 Å². The van der Waals surface area contributed by atoms with Gasteiger partial charge >= 0.3 is 0 Å². The van der Waals surface area contributed by atoms with Gasteiger partial charge in [-0.1, -0.05) is 13.8 Å². The molecule has 0 aliphatic heterocycles. The number of furan rings is 1. The molecule has 4 nitrogen and oxygen atoms in total. The molecule has 0 aromatic carbocycles. The van der Waals surface area contributed by atoms with Crippen LogP contribution in [0.4, 0.5) is 0 Å². The summed E-state index contributed by atoms with van der Waals surface area (Å²) in [6.07, 6.45) is 2.07. The lowest BCUT2D eigenvalue weighted by molar-refractivity contribution is 0.0923. The van der Waals surface area contributed by atoms with Crippen LogP contribution in [0.15, 0.2) is 10.5 Å². The monoisotopic (exact) mass is 300 g/mol. The average molecular weight is 301 g/mol. The molecule has 114 valence electrons. The number of nitrogens with zero attached hydrogens (tertiary/aromatic N) is 1. The minimum absolute atomic E-state index is 0.160. The predicted molar refractivity (Wildman–Crippen MR) is 82.4 cm³/mol. The molecule has 0 aliphatic rings. The van der Waals surface area contributed by atoms with Gasteiger partial charge in [0.2, 0.25) is 0 Å². The molecule has 0 bridgehead atoms. The predicted octanol–water partition coefficient (Wildman–Crippen LogP) is 3.18. The van der Waals surface area contributed by atoms with Crippen LogP contribution >= 0.6 is 11.6 Å². The Morgan fingerprint density at radius 3 is 2.60 bits per heavy atom. The van der Waals surface area contributed by atoms with Crippen LogP contribution in [0.5, 0.6) is 0 Å². The lowest BCUT2D eigenvalue weighted by Crippen LogP contribution is -2.27. The van der Waals surface area contributed by atoms with Crippen LogP contribution in [-0.2, 0) is 5.88 Å². The zero-order valence-corrected chi connectivity index (χ0v) is 13.4. The third-order valence-corrected chi connectivity index (χ3v) is 3.76. The standard InChI is InChI=1S/C15H25ClN2O2/c1-4-18(5-2)9-7-6-8-17-15(19)14-10-13(11-16)12(3)20-14/h10H,4-9,11H2,1-3H3,(H,17,19). The molecule has 0 spiro atoms. The molecular formula is C15H25ClN2O2. The Morgan fingerprint density at radius 1 is 1.35 bits per heavy atom. The Bertz CT molecular complexity index is 414. The third kappa shape index (κ3) is 5.17. The van der Waals surface area contributed by atoms with E-state index < -0.39 is 0 Å². The largest absolute Gasteiger partial charge is 0.456 e. The maximum Gasteiger partial charge on any atom is 0.287 e. The van der Waals surface area contributed by atoms with Gasteiger partial charge in [-0.3, -0.25) is 4.79 Å². The van der Waals surface area contributed by atoms with Crippen LogP contribution in [0.25, 0.3) is 0 Å². The van der Waals surface area contributed by atoms with Crippen molar-refractivity contribution >= 4 is 17.5 Å². The van der Waals surface area contributed by atoms with Crippen LogP contribution in [0.3, 0.4) is 0 Å². The van der Waals surface area contributed by atoms with Crippen molar-refractivity contribution in [3.63, 3.8) is 0 Å². The maximum absolute atomic E-state index is 11.9. The van der Waals surface area contributed by atoms with E-state index in [2.05, 4.69) is 24.1 Å². The molecule has 1 N–H and O–H groups in total. The van der Waals surface area contributed by atoms with Crippen molar-refractivity contribution in [2.75, 3.05) is 26.2 Å². The van der Waals surface area contributed by atoms with Crippen LogP contribution in [0, 0.1) is 6.92 Å². The highest BCUT2D eigenvalue weighted by Crippen LogP contribution is 2.16. The summed E-state index contributed by atoms with van der Waals surface area (Å²) in [5.41, 5.74) is 0.873. The van der Waals surface area contributed by atoms with Crippen molar-refractivity contribution in [1.82, 2.24) is 10.2 Å². The molecule has 0 fully saturated rings. The van der Waals surface area contributed by atoms with Crippen molar-refractivity contribution in [3.8, 4) is 0 Å². The Kier molecular flexibility index (Phi) is 7.70. The highest BCUT2D eigenvalue weighted by Gasteiger charge is 2.13. The number of aryl methyl sites for hydroxylation is 1. The molecule has 1 aromatic heterocycles. The number of rotatable bonds is 9. The Labute approximate surface area is 126 Å². The topological polar surface area (TPSA) is 45.5 Å². The molecule has 5 heteroatoms. The van der Waals surface area contributed by atoms with Crippen molar-refractivity contribution in [2.24, 2.45) is 0 Å². The normalized spacial score (nSPS) is 11.1. The van der Waals surface area contributed by atoms with E-state index >= 15 is 0 Å². The van der Waals surface area contributed by atoms with Gasteiger partial charge in [-0.25, -0.2) is 0 Å². The Hall–Kier alpha value is -1.00. The first kappa shape index (κ1) is 17.1. The van der Waals surface area contributed by atoms with Gasteiger partial charge in [-0.05, 0) is 45.5 Å². The number of halogens is 1. The summed E-state index contributed by atoms with van der Waals surface area (Å²) < 4.78 is 5.39. The molecule has 0 atom stereocenters. The lowest BCUT2D eigenvalue weighted by Gasteiger charge is -2.17. The van der Waals surface area contributed by atoms with Crippen LogP contribution in [0.1, 0.15) is 48.6 Å². The van der Waals surface area contributed by atoms with Gasteiger partial charge in [0.1, 0.15) is 5.76 Å². The smallest absolute Gasteiger partial charge is 0.287 e. The highest BCUT2D eigenvalue weighted by atomic mass is 35.5. The molecule has 1 heterocycles. The second-order valence-corrected chi connectivity index (χ2v) is 5.08. The number of carbonyl (C=O) groups excluding carboxylic acids is 1. The summed E-state index contributed by atoms with van der Waals surface area (Å²) in [6, 6.07) is 1.72. The van der Waals surface area contributed by atoms with Crippen molar-refractivity contribution in [1.29, 1.82) is 0 Å². The SMILES string of the molecule is CCN(CC)CCCCNC(=O)c1cc(CCl)c(C)o1. The molecule has 1 aromatic rings. The quantitative estimate of drug-likeness (QED) is 0.563. The van der Waals surface area contributed by atoms with E-state index in [1.807, 2.05) is 6.92 Å². The van der Waals surface area contributed by atoms with Crippen LogP contribution in [-0.4, -0.2) is 37.0 Å². The summed E-state index contributed by atoms with van der Waals surface area (Å²) in [7, 11) is 0. The van der Waals surface area contributed by atoms with Gasteiger partial charge in [0.15, 0.2) is 5.76 Å². The molecule has 0 aliphatic carbocycles. The number of carbonyl (C=O) groups is 1. The van der Waals surface area contributed by atoms with Crippen molar-refractivity contribution in [2.45, 2.75) is 39.5 Å². The zero-order chi connectivity index (χ0) is 15.0. The molecule has 20 heavy (non-hydrogen) atoms. The molecule has 0 saturated carbocycles. The summed E-state index contributed by atoms with van der Waals surface area (Å²) in [6.45, 7) is 10.1. The van der Waals surface area contributed by atoms with E-state index in [0.29, 0.717) is 23.9 Å². The summed E-state index contributed by atoms with van der Waals surface area (Å²) in [5, 5.41) is 2.88. The molecular weight excluding hydrogens is 276 g/mol. The number of amides is 1. The average Bonchev–Trinajstić information content (AvgIpc) is 2.84. The second-order valence-electron chi connectivity index (χ2n) is 4.82. The van der Waals surface area contributed by atoms with Crippen LogP contribution in [0.2, 0.25) is 0 Å². The Morgan fingerprint density at radius 2 is 2.05 bits per heavy atom. The first-order valence-corrected chi connectivity index (χ1v) is 7.81. The first-order valence-electron chi connectivity index (χ1n) is 7.28. The van der Waals surface area contributed by atoms with E-state index in [1.165, 1.54) is 0 Å². The van der Waals surface area contributed by atoms with E-state index in [-0.39, 0.29) is 5.91 Å². The van der Waals surface area contributed by atoms with Gasteiger partial charge in [0.25, 0.3) is 5.91 Å². The third-order valence-electron chi connectivity index (χ3n) is 3.47. The molecule has 1 amide bonds. The van der Waals surface area contributed by atoms with Gasteiger partial charge < -0.3 is 14.6 Å². The van der Waals surface area contributed by atoms with Crippen LogP contribution < -0.4 is 5.32 Å². The highest BCUT2D eigenvalue weighted by molar-refractivity contribution is 6.17. The number of nitrogens with one attached hydrogen (secondary N) is 1. The number of alkyl halides is 1. The van der Waals surface area contributed by atoms with Crippen molar-refractivity contribution in [3.05, 3.63) is 23.2 Å². The fraction of sp³-hybridized carbons (Fsp3) is 0.667. The van der Waals surface area contributed by atoms with Gasteiger partial charge in [-0.2, -0.15) is 0 Å². The Balaban J connectivity index is 2.26. The fourth-order valence-corrected chi connectivity index (χ4v) is 2.32. The summed E-state index contributed by atoms with van der Waals surface area (Å²) >= 11 is 5.76. The molecule has 0 radical (unpaired) electrons. The minimum Gasteiger partial charge on any atom is -0.456 e. The van der Waals surface area contributed by atoms with Gasteiger partial charge in [0.05, 0.1) is 5.88 Å². The van der Waals surface area contributed by atoms with E-state index in [0.717, 1.165) is 38.0 Å². The summed E-state index contributed by atoms with van der Waals surface area (Å²) in [4.78, 5) is 14.3. The molecule has 0 unspecified atom stereocenters. The molecule has 1 rings (SSSR count).